The Morgan fingerprint density at radius 3 is 2.07 bits per heavy atom. The summed E-state index contributed by atoms with van der Waals surface area (Å²) in [5.74, 6) is -1.29. The maximum Gasteiger partial charge on any atom is 0.416 e. The quantitative estimate of drug-likeness (QED) is 0.443. The average molecular weight is 412 g/mol. The van der Waals surface area contributed by atoms with Crippen molar-refractivity contribution in [1.29, 1.82) is 0 Å². The molecule has 1 nitrogen and oxygen atoms in total. The van der Waals surface area contributed by atoms with Gasteiger partial charge in [-0.15, -0.1) is 0 Å². The van der Waals surface area contributed by atoms with E-state index in [9.17, 15) is 22.0 Å². The van der Waals surface area contributed by atoms with Gasteiger partial charge in [-0.05, 0) is 54.5 Å². The molecule has 0 saturated heterocycles. The number of benzene rings is 2. The molecule has 1 saturated carbocycles. The predicted molar refractivity (Wildman–Crippen MR) is 103 cm³/mol. The molecule has 1 aliphatic carbocycles. The van der Waals surface area contributed by atoms with Crippen LogP contribution >= 0.6 is 0 Å². The van der Waals surface area contributed by atoms with Crippen LogP contribution in [-0.4, -0.2) is 6.61 Å². The molecular weight excluding hydrogens is 387 g/mol. The second-order valence-electron chi connectivity index (χ2n) is 7.80. The Hall–Kier alpha value is -2.11. The zero-order chi connectivity index (χ0) is 21.0. The van der Waals surface area contributed by atoms with Gasteiger partial charge in [0.15, 0.2) is 11.6 Å². The first kappa shape index (κ1) is 21.6. The van der Waals surface area contributed by atoms with Gasteiger partial charge in [-0.25, -0.2) is 4.39 Å². The van der Waals surface area contributed by atoms with E-state index in [1.807, 2.05) is 0 Å². The molecule has 6 heteroatoms. The standard InChI is InChI=1S/C23H25F5O/c1-2-3-15-4-6-16(7-5-15)14-29-20-13-12-19(21(24)22(20)25)17-8-10-18(11-9-17)23(26,27)28/h8-13,15-16H,2-7,14H2,1H3. The number of alkyl halides is 3. The van der Waals surface area contributed by atoms with Gasteiger partial charge in [0.05, 0.1) is 12.2 Å². The maximum absolute atomic E-state index is 14.5. The van der Waals surface area contributed by atoms with Crippen LogP contribution in [0.3, 0.4) is 0 Å². The van der Waals surface area contributed by atoms with Gasteiger partial charge >= 0.3 is 6.18 Å². The van der Waals surface area contributed by atoms with E-state index in [1.54, 1.807) is 0 Å². The highest BCUT2D eigenvalue weighted by atomic mass is 19.4. The zero-order valence-electron chi connectivity index (χ0n) is 16.4. The molecule has 0 aliphatic heterocycles. The molecule has 1 fully saturated rings. The van der Waals surface area contributed by atoms with E-state index in [1.165, 1.54) is 25.0 Å². The van der Waals surface area contributed by atoms with Gasteiger partial charge in [0.2, 0.25) is 5.82 Å². The molecule has 0 amide bonds. The van der Waals surface area contributed by atoms with E-state index in [0.29, 0.717) is 12.5 Å². The summed E-state index contributed by atoms with van der Waals surface area (Å²) in [5, 5.41) is 0. The molecule has 0 radical (unpaired) electrons. The van der Waals surface area contributed by atoms with Crippen LogP contribution in [0.1, 0.15) is 51.0 Å². The molecule has 0 spiro atoms. The van der Waals surface area contributed by atoms with Crippen molar-refractivity contribution in [3.05, 3.63) is 53.6 Å². The monoisotopic (exact) mass is 412 g/mol. The third-order valence-corrected chi connectivity index (χ3v) is 5.71. The highest BCUT2D eigenvalue weighted by molar-refractivity contribution is 5.65. The summed E-state index contributed by atoms with van der Waals surface area (Å²) in [4.78, 5) is 0. The molecule has 0 N–H and O–H groups in total. The Kier molecular flexibility index (Phi) is 6.81. The van der Waals surface area contributed by atoms with Crippen LogP contribution < -0.4 is 4.74 Å². The fourth-order valence-corrected chi connectivity index (χ4v) is 4.01. The first-order valence-electron chi connectivity index (χ1n) is 10.1. The molecule has 29 heavy (non-hydrogen) atoms. The number of hydrogen-bond acceptors (Lipinski definition) is 1. The van der Waals surface area contributed by atoms with Crippen molar-refractivity contribution < 1.29 is 26.7 Å². The van der Waals surface area contributed by atoms with E-state index >= 15 is 0 Å². The minimum Gasteiger partial charge on any atom is -0.490 e. The van der Waals surface area contributed by atoms with E-state index in [-0.39, 0.29) is 16.9 Å². The predicted octanol–water partition coefficient (Wildman–Crippen LogP) is 7.64. The van der Waals surface area contributed by atoms with Crippen molar-refractivity contribution in [2.24, 2.45) is 11.8 Å². The van der Waals surface area contributed by atoms with Crippen molar-refractivity contribution in [2.45, 2.75) is 51.6 Å². The molecule has 0 atom stereocenters. The van der Waals surface area contributed by atoms with Crippen LogP contribution in [0.5, 0.6) is 5.75 Å². The summed E-state index contributed by atoms with van der Waals surface area (Å²) in [5.41, 5.74) is -0.755. The lowest BCUT2D eigenvalue weighted by atomic mass is 9.80. The van der Waals surface area contributed by atoms with Gasteiger partial charge in [-0.2, -0.15) is 17.6 Å². The summed E-state index contributed by atoms with van der Waals surface area (Å²) >= 11 is 0. The molecular formula is C23H25F5O. The Labute approximate surface area is 167 Å². The number of hydrogen-bond donors (Lipinski definition) is 0. The lowest BCUT2D eigenvalue weighted by molar-refractivity contribution is -0.137. The minimum atomic E-state index is -4.48. The topological polar surface area (TPSA) is 9.23 Å². The van der Waals surface area contributed by atoms with Gasteiger partial charge in [0, 0.05) is 5.56 Å². The van der Waals surface area contributed by atoms with Crippen LogP contribution in [0.25, 0.3) is 11.1 Å². The summed E-state index contributed by atoms with van der Waals surface area (Å²) < 4.78 is 72.5. The maximum atomic E-state index is 14.5. The van der Waals surface area contributed by atoms with Crippen molar-refractivity contribution in [1.82, 2.24) is 0 Å². The largest absolute Gasteiger partial charge is 0.490 e. The molecule has 0 aromatic heterocycles. The lowest BCUT2D eigenvalue weighted by Crippen LogP contribution is -2.20. The Bertz CT molecular complexity index is 805. The summed E-state index contributed by atoms with van der Waals surface area (Å²) in [7, 11) is 0. The summed E-state index contributed by atoms with van der Waals surface area (Å²) in [6.45, 7) is 2.52. The second kappa shape index (κ2) is 9.14. The highest BCUT2D eigenvalue weighted by Gasteiger charge is 2.30. The first-order chi connectivity index (χ1) is 13.8. The van der Waals surface area contributed by atoms with Gasteiger partial charge in [-0.1, -0.05) is 44.7 Å². The van der Waals surface area contributed by atoms with E-state index in [2.05, 4.69) is 6.92 Å². The molecule has 158 valence electrons. The second-order valence-corrected chi connectivity index (χ2v) is 7.80. The van der Waals surface area contributed by atoms with E-state index in [4.69, 9.17) is 4.74 Å². The van der Waals surface area contributed by atoms with Crippen molar-refractivity contribution >= 4 is 0 Å². The van der Waals surface area contributed by atoms with E-state index < -0.39 is 23.4 Å². The fraction of sp³-hybridized carbons (Fsp3) is 0.478. The molecule has 2 aromatic rings. The Balaban J connectivity index is 1.65. The molecule has 3 rings (SSSR count). The third kappa shape index (κ3) is 5.28. The molecule has 2 aromatic carbocycles. The SMILES string of the molecule is CCCC1CCC(COc2ccc(-c3ccc(C(F)(F)F)cc3)c(F)c2F)CC1. The van der Waals surface area contributed by atoms with E-state index in [0.717, 1.165) is 55.9 Å². The fourth-order valence-electron chi connectivity index (χ4n) is 4.01. The van der Waals surface area contributed by atoms with Crippen LogP contribution in [0, 0.1) is 23.5 Å². The van der Waals surface area contributed by atoms with Gasteiger partial charge in [-0.3, -0.25) is 0 Å². The number of halogens is 5. The van der Waals surface area contributed by atoms with Gasteiger partial charge in [0.1, 0.15) is 0 Å². The van der Waals surface area contributed by atoms with Crippen LogP contribution in [0.15, 0.2) is 36.4 Å². The van der Waals surface area contributed by atoms with Gasteiger partial charge in [0.25, 0.3) is 0 Å². The van der Waals surface area contributed by atoms with Crippen LogP contribution in [0.2, 0.25) is 0 Å². The Morgan fingerprint density at radius 1 is 0.862 bits per heavy atom. The zero-order valence-corrected chi connectivity index (χ0v) is 16.4. The van der Waals surface area contributed by atoms with Crippen LogP contribution in [0.4, 0.5) is 22.0 Å². The summed E-state index contributed by atoms with van der Waals surface area (Å²) in [6, 6.07) is 6.66. The lowest BCUT2D eigenvalue weighted by Gasteiger charge is -2.28. The normalized spacial score (nSPS) is 19.9. The van der Waals surface area contributed by atoms with Crippen molar-refractivity contribution in [3.63, 3.8) is 0 Å². The molecule has 0 bridgehead atoms. The van der Waals surface area contributed by atoms with Gasteiger partial charge < -0.3 is 4.74 Å². The summed E-state index contributed by atoms with van der Waals surface area (Å²) in [6.07, 6.45) is 2.28. The van der Waals surface area contributed by atoms with Crippen molar-refractivity contribution in [2.75, 3.05) is 6.61 Å². The molecule has 0 heterocycles. The number of ether oxygens (including phenoxy) is 1. The Morgan fingerprint density at radius 2 is 1.48 bits per heavy atom. The third-order valence-electron chi connectivity index (χ3n) is 5.71. The molecule has 1 aliphatic rings. The van der Waals surface area contributed by atoms with Crippen molar-refractivity contribution in [3.8, 4) is 16.9 Å². The average Bonchev–Trinajstić information content (AvgIpc) is 2.70. The highest BCUT2D eigenvalue weighted by Crippen LogP contribution is 2.35. The minimum absolute atomic E-state index is 0.0938. The van der Waals surface area contributed by atoms with Crippen LogP contribution in [-0.2, 0) is 6.18 Å². The molecule has 0 unspecified atom stereocenters. The first-order valence-corrected chi connectivity index (χ1v) is 10.1. The smallest absolute Gasteiger partial charge is 0.416 e. The number of rotatable bonds is 6.